The molecule has 1 aromatic heterocycles. The van der Waals surface area contributed by atoms with Gasteiger partial charge in [0.2, 0.25) is 0 Å². The molecule has 0 aliphatic rings. The molecule has 0 radical (unpaired) electrons. The third kappa shape index (κ3) is 6.20. The molecule has 2 atom stereocenters. The number of carbonyl (C=O) groups is 3. The first kappa shape index (κ1) is 23.2. The lowest BCUT2D eigenvalue weighted by Gasteiger charge is -2.19. The summed E-state index contributed by atoms with van der Waals surface area (Å²) in [6.45, 7) is 5.91. The summed E-state index contributed by atoms with van der Waals surface area (Å²) in [6, 6.07) is 6.91. The highest BCUT2D eigenvalue weighted by Gasteiger charge is 2.25. The molecule has 0 unspecified atom stereocenters. The van der Waals surface area contributed by atoms with Crippen LogP contribution in [0.25, 0.3) is 11.1 Å². The van der Waals surface area contributed by atoms with Crippen LogP contribution in [0.15, 0.2) is 42.7 Å². The van der Waals surface area contributed by atoms with E-state index >= 15 is 0 Å². The molecule has 160 valence electrons. The Morgan fingerprint density at radius 1 is 1.07 bits per heavy atom. The molecule has 1 heterocycles. The maximum atomic E-state index is 12.4. The van der Waals surface area contributed by atoms with Crippen LogP contribution in [0.2, 0.25) is 0 Å². The lowest BCUT2D eigenvalue weighted by Crippen LogP contribution is -2.48. The molecule has 8 nitrogen and oxygen atoms in total. The number of aromatic nitrogens is 1. The largest absolute Gasteiger partial charge is 0.456 e. The number of hydrogen-bond donors (Lipinski definition) is 3. The molecular weight excluding hydrogens is 388 g/mol. The number of ketones is 1. The molecule has 0 saturated carbocycles. The quantitative estimate of drug-likeness (QED) is 0.589. The second kappa shape index (κ2) is 9.60. The number of rotatable bonds is 7. The highest BCUT2D eigenvalue weighted by molar-refractivity contribution is 5.98. The third-order valence-electron chi connectivity index (χ3n) is 4.12. The van der Waals surface area contributed by atoms with Gasteiger partial charge >= 0.3 is 5.97 Å². The number of benzene rings is 1. The fourth-order valence-corrected chi connectivity index (χ4v) is 2.65. The van der Waals surface area contributed by atoms with E-state index in [4.69, 9.17) is 9.84 Å². The van der Waals surface area contributed by atoms with Crippen molar-refractivity contribution in [1.82, 2.24) is 10.3 Å². The molecule has 8 heteroatoms. The topological polar surface area (TPSA) is 126 Å². The third-order valence-corrected chi connectivity index (χ3v) is 4.12. The first-order chi connectivity index (χ1) is 14.0. The average Bonchev–Trinajstić information content (AvgIpc) is 2.70. The number of nitrogens with one attached hydrogen (secondary N) is 1. The number of nitrogens with zero attached hydrogens (tertiary/aromatic N) is 1. The van der Waals surface area contributed by atoms with Crippen LogP contribution >= 0.6 is 0 Å². The summed E-state index contributed by atoms with van der Waals surface area (Å²) in [7, 11) is 0. The van der Waals surface area contributed by atoms with Gasteiger partial charge in [0.25, 0.3) is 5.91 Å². The summed E-state index contributed by atoms with van der Waals surface area (Å²) >= 11 is 0. The molecular formula is C22H26N2O6. The highest BCUT2D eigenvalue weighted by Crippen LogP contribution is 2.21. The molecule has 0 aliphatic carbocycles. The summed E-state index contributed by atoms with van der Waals surface area (Å²) in [5, 5.41) is 21.0. The van der Waals surface area contributed by atoms with Gasteiger partial charge in [-0.3, -0.25) is 14.6 Å². The minimum atomic E-state index is -1.20. The summed E-state index contributed by atoms with van der Waals surface area (Å²) in [6.07, 6.45) is 1.87. The molecule has 1 aromatic carbocycles. The SMILES string of the molecule is C[C@@H](O)[C@H](NC(=O)c1ccc(-c2cncc(C(=O)OC(C)(C)C)c2)cc1)C(=O)CO. The summed E-state index contributed by atoms with van der Waals surface area (Å²) in [5.74, 6) is -1.72. The van der Waals surface area contributed by atoms with Crippen molar-refractivity contribution in [2.75, 3.05) is 6.61 Å². The predicted molar refractivity (Wildman–Crippen MR) is 110 cm³/mol. The van der Waals surface area contributed by atoms with Crippen LogP contribution in [0.1, 0.15) is 48.4 Å². The van der Waals surface area contributed by atoms with Gasteiger partial charge in [0, 0.05) is 23.5 Å². The van der Waals surface area contributed by atoms with E-state index in [-0.39, 0.29) is 5.56 Å². The Morgan fingerprint density at radius 3 is 2.23 bits per heavy atom. The summed E-state index contributed by atoms with van der Waals surface area (Å²) < 4.78 is 5.35. The Balaban J connectivity index is 2.18. The maximum Gasteiger partial charge on any atom is 0.340 e. The maximum absolute atomic E-state index is 12.4. The molecule has 0 aliphatic heterocycles. The standard InChI is InChI=1S/C22H26N2O6/c1-13(26)19(18(27)12-25)24-20(28)15-7-5-14(6-8-15)16-9-17(11-23-10-16)21(29)30-22(2,3)4/h5-11,13,19,25-26H,12H2,1-4H3,(H,24,28)/t13-,19+/m1/s1. The van der Waals surface area contributed by atoms with Crippen molar-refractivity contribution in [2.45, 2.75) is 45.4 Å². The van der Waals surface area contributed by atoms with E-state index in [0.29, 0.717) is 11.1 Å². The summed E-state index contributed by atoms with van der Waals surface area (Å²) in [5.41, 5.74) is 1.35. The van der Waals surface area contributed by atoms with E-state index in [1.54, 1.807) is 57.3 Å². The Labute approximate surface area is 174 Å². The van der Waals surface area contributed by atoms with Crippen molar-refractivity contribution in [1.29, 1.82) is 0 Å². The molecule has 0 spiro atoms. The van der Waals surface area contributed by atoms with Crippen molar-refractivity contribution < 1.29 is 29.3 Å². The predicted octanol–water partition coefficient (Wildman–Crippen LogP) is 1.74. The first-order valence-electron chi connectivity index (χ1n) is 9.43. The van der Waals surface area contributed by atoms with Gasteiger partial charge in [0.05, 0.1) is 11.7 Å². The fourth-order valence-electron chi connectivity index (χ4n) is 2.65. The van der Waals surface area contributed by atoms with Crippen LogP contribution in [0.4, 0.5) is 0 Å². The lowest BCUT2D eigenvalue weighted by molar-refractivity contribution is -0.125. The van der Waals surface area contributed by atoms with Gasteiger partial charge in [0.15, 0.2) is 5.78 Å². The van der Waals surface area contributed by atoms with Crippen LogP contribution in [0, 0.1) is 0 Å². The van der Waals surface area contributed by atoms with Crippen molar-refractivity contribution in [3.8, 4) is 11.1 Å². The number of carbonyl (C=O) groups excluding carboxylic acids is 3. The minimum absolute atomic E-state index is 0.270. The monoisotopic (exact) mass is 414 g/mol. The average molecular weight is 414 g/mol. The van der Waals surface area contributed by atoms with Crippen molar-refractivity contribution in [3.63, 3.8) is 0 Å². The van der Waals surface area contributed by atoms with Gasteiger partial charge in [-0.25, -0.2) is 4.79 Å². The zero-order valence-electron chi connectivity index (χ0n) is 17.4. The molecule has 1 amide bonds. The van der Waals surface area contributed by atoms with E-state index in [2.05, 4.69) is 10.3 Å². The molecule has 0 bridgehead atoms. The van der Waals surface area contributed by atoms with Gasteiger partial charge in [-0.15, -0.1) is 0 Å². The number of ether oxygens (including phenoxy) is 1. The lowest BCUT2D eigenvalue weighted by atomic mass is 10.0. The van der Waals surface area contributed by atoms with Crippen LogP contribution < -0.4 is 5.32 Å². The number of aliphatic hydroxyl groups excluding tert-OH is 2. The first-order valence-corrected chi connectivity index (χ1v) is 9.43. The molecule has 0 fully saturated rings. The minimum Gasteiger partial charge on any atom is -0.456 e. The zero-order chi connectivity index (χ0) is 22.5. The zero-order valence-corrected chi connectivity index (χ0v) is 17.4. The number of Topliss-reactive ketones (excluding diaryl/α,β-unsaturated/α-hetero) is 1. The Bertz CT molecular complexity index is 916. The van der Waals surface area contributed by atoms with E-state index < -0.39 is 42.0 Å². The van der Waals surface area contributed by atoms with E-state index in [1.165, 1.54) is 13.1 Å². The Morgan fingerprint density at radius 2 is 1.70 bits per heavy atom. The van der Waals surface area contributed by atoms with Crippen LogP contribution in [-0.2, 0) is 9.53 Å². The van der Waals surface area contributed by atoms with Crippen molar-refractivity contribution in [2.24, 2.45) is 0 Å². The molecule has 2 aromatic rings. The van der Waals surface area contributed by atoms with Crippen LogP contribution in [0.3, 0.4) is 0 Å². The van der Waals surface area contributed by atoms with Gasteiger partial charge in [0.1, 0.15) is 18.2 Å². The second-order valence-electron chi connectivity index (χ2n) is 7.86. The molecule has 3 N–H and O–H groups in total. The second-order valence-corrected chi connectivity index (χ2v) is 7.86. The molecule has 0 saturated heterocycles. The number of aliphatic hydroxyl groups is 2. The van der Waals surface area contributed by atoms with Gasteiger partial charge in [-0.1, -0.05) is 12.1 Å². The number of hydrogen-bond acceptors (Lipinski definition) is 7. The van der Waals surface area contributed by atoms with Crippen molar-refractivity contribution in [3.05, 3.63) is 53.9 Å². The molecule has 2 rings (SSSR count). The van der Waals surface area contributed by atoms with E-state index in [0.717, 1.165) is 5.56 Å². The Kier molecular flexibility index (Phi) is 7.42. The van der Waals surface area contributed by atoms with E-state index in [1.807, 2.05) is 0 Å². The number of pyridine rings is 1. The number of esters is 1. The highest BCUT2D eigenvalue weighted by atomic mass is 16.6. The van der Waals surface area contributed by atoms with E-state index in [9.17, 15) is 19.5 Å². The number of amides is 1. The van der Waals surface area contributed by atoms with Crippen LogP contribution in [-0.4, -0.2) is 57.2 Å². The van der Waals surface area contributed by atoms with Gasteiger partial charge in [-0.05, 0) is 51.5 Å². The normalized spacial score (nSPS) is 13.3. The smallest absolute Gasteiger partial charge is 0.340 e. The van der Waals surface area contributed by atoms with Gasteiger partial charge < -0.3 is 20.3 Å². The Hall–Kier alpha value is -3.10. The summed E-state index contributed by atoms with van der Waals surface area (Å²) in [4.78, 5) is 40.4. The van der Waals surface area contributed by atoms with Crippen molar-refractivity contribution >= 4 is 17.7 Å². The van der Waals surface area contributed by atoms with Crippen LogP contribution in [0.5, 0.6) is 0 Å². The fraction of sp³-hybridized carbons (Fsp3) is 0.364. The molecule has 30 heavy (non-hydrogen) atoms. The van der Waals surface area contributed by atoms with Gasteiger partial charge in [-0.2, -0.15) is 0 Å².